The predicted molar refractivity (Wildman–Crippen MR) is 75.6 cm³/mol. The van der Waals surface area contributed by atoms with E-state index in [9.17, 15) is 9.90 Å². The van der Waals surface area contributed by atoms with Gasteiger partial charge in [-0.2, -0.15) is 0 Å². The zero-order valence-electron chi connectivity index (χ0n) is 12.2. The van der Waals surface area contributed by atoms with E-state index < -0.39 is 0 Å². The number of hydrogen-bond donors (Lipinski definition) is 1. The standard InChI is InChI=1S/C16H22N2O3/c19-9-15-4-12-3-13(5-15)7-16(6-12,8-15)10-21-14(20)18-2-1-17-11-18/h1-2,11-13,19H,3-10H2. The van der Waals surface area contributed by atoms with Gasteiger partial charge in [-0.1, -0.05) is 0 Å². The lowest BCUT2D eigenvalue weighted by Crippen LogP contribution is -2.55. The summed E-state index contributed by atoms with van der Waals surface area (Å²) in [7, 11) is 0. The quantitative estimate of drug-likeness (QED) is 0.928. The minimum atomic E-state index is -0.346. The maximum absolute atomic E-state index is 12.0. The highest BCUT2D eigenvalue weighted by Crippen LogP contribution is 2.65. The fourth-order valence-corrected chi connectivity index (χ4v) is 5.66. The lowest BCUT2D eigenvalue weighted by atomic mass is 9.44. The summed E-state index contributed by atoms with van der Waals surface area (Å²) in [5, 5.41) is 9.85. The van der Waals surface area contributed by atoms with Crippen molar-refractivity contribution < 1.29 is 14.6 Å². The van der Waals surface area contributed by atoms with Crippen molar-refractivity contribution in [3.05, 3.63) is 18.7 Å². The van der Waals surface area contributed by atoms with Crippen LogP contribution in [0, 0.1) is 22.7 Å². The predicted octanol–water partition coefficient (Wildman–Crippen LogP) is 2.45. The summed E-state index contributed by atoms with van der Waals surface area (Å²) >= 11 is 0. The third kappa shape index (κ3) is 2.18. The van der Waals surface area contributed by atoms with Crippen LogP contribution in [-0.4, -0.2) is 34.0 Å². The van der Waals surface area contributed by atoms with Gasteiger partial charge in [0.25, 0.3) is 0 Å². The number of aliphatic hydroxyl groups is 1. The van der Waals surface area contributed by atoms with Crippen LogP contribution in [0.4, 0.5) is 4.79 Å². The number of rotatable bonds is 3. The van der Waals surface area contributed by atoms with E-state index in [0.717, 1.165) is 32.1 Å². The molecule has 1 aromatic rings. The first-order chi connectivity index (χ1) is 10.1. The summed E-state index contributed by atoms with van der Waals surface area (Å²) in [4.78, 5) is 15.9. The highest BCUT2D eigenvalue weighted by Gasteiger charge is 2.57. The van der Waals surface area contributed by atoms with Crippen molar-refractivity contribution in [1.29, 1.82) is 0 Å². The molecule has 5 rings (SSSR count). The topological polar surface area (TPSA) is 64.3 Å². The van der Waals surface area contributed by atoms with Crippen LogP contribution < -0.4 is 0 Å². The van der Waals surface area contributed by atoms with Gasteiger partial charge in [0, 0.05) is 24.4 Å². The summed E-state index contributed by atoms with van der Waals surface area (Å²) in [5.74, 6) is 1.43. The number of aliphatic hydroxyl groups excluding tert-OH is 1. The molecular formula is C16H22N2O3. The van der Waals surface area contributed by atoms with Crippen molar-refractivity contribution >= 4 is 6.09 Å². The highest BCUT2D eigenvalue weighted by molar-refractivity contribution is 5.70. The molecule has 0 spiro atoms. The Morgan fingerprint density at radius 1 is 1.29 bits per heavy atom. The van der Waals surface area contributed by atoms with Gasteiger partial charge >= 0.3 is 6.09 Å². The maximum Gasteiger partial charge on any atom is 0.419 e. The zero-order valence-corrected chi connectivity index (χ0v) is 12.2. The van der Waals surface area contributed by atoms with Crippen LogP contribution in [0.25, 0.3) is 0 Å². The first-order valence-corrected chi connectivity index (χ1v) is 7.88. The smallest absolute Gasteiger partial charge is 0.419 e. The molecule has 1 heterocycles. The van der Waals surface area contributed by atoms with Gasteiger partial charge in [-0.3, -0.25) is 0 Å². The van der Waals surface area contributed by atoms with Crippen molar-refractivity contribution in [3.8, 4) is 0 Å². The van der Waals surface area contributed by atoms with Crippen molar-refractivity contribution in [2.24, 2.45) is 22.7 Å². The molecule has 0 saturated heterocycles. The molecule has 1 aromatic heterocycles. The van der Waals surface area contributed by atoms with Crippen LogP contribution in [0.3, 0.4) is 0 Å². The number of hydrogen-bond acceptors (Lipinski definition) is 4. The first-order valence-electron chi connectivity index (χ1n) is 7.88. The zero-order chi connectivity index (χ0) is 14.5. The SMILES string of the molecule is O=C(OCC12CC3CC(CC(CO)(C3)C1)C2)n1ccnc1. The Bertz CT molecular complexity index is 526. The fourth-order valence-electron chi connectivity index (χ4n) is 5.66. The Labute approximate surface area is 124 Å². The molecule has 0 aromatic carbocycles. The number of ether oxygens (including phenoxy) is 1. The normalized spacial score (nSPS) is 40.4. The largest absolute Gasteiger partial charge is 0.448 e. The Hall–Kier alpha value is -1.36. The summed E-state index contributed by atoms with van der Waals surface area (Å²) in [6, 6.07) is 0. The molecule has 1 N–H and O–H groups in total. The monoisotopic (exact) mass is 290 g/mol. The van der Waals surface area contributed by atoms with E-state index in [2.05, 4.69) is 4.98 Å². The molecule has 2 atom stereocenters. The molecule has 4 fully saturated rings. The minimum absolute atomic E-state index is 0.100. The van der Waals surface area contributed by atoms with Crippen molar-refractivity contribution in [2.75, 3.05) is 13.2 Å². The van der Waals surface area contributed by atoms with Crippen LogP contribution in [0.2, 0.25) is 0 Å². The molecule has 2 unspecified atom stereocenters. The van der Waals surface area contributed by atoms with Gasteiger partial charge in [-0.25, -0.2) is 14.3 Å². The third-order valence-electron chi connectivity index (χ3n) is 5.86. The van der Waals surface area contributed by atoms with E-state index in [1.54, 1.807) is 12.4 Å². The molecule has 5 heteroatoms. The summed E-state index contributed by atoms with van der Waals surface area (Å²) in [5.41, 5.74) is 0.203. The van der Waals surface area contributed by atoms with Gasteiger partial charge in [0.2, 0.25) is 0 Å². The molecule has 5 nitrogen and oxygen atoms in total. The van der Waals surface area contributed by atoms with Crippen LogP contribution >= 0.6 is 0 Å². The molecule has 0 aliphatic heterocycles. The van der Waals surface area contributed by atoms with Gasteiger partial charge in [-0.15, -0.1) is 0 Å². The molecule has 4 aliphatic rings. The van der Waals surface area contributed by atoms with E-state index in [1.807, 2.05) is 0 Å². The van der Waals surface area contributed by atoms with E-state index >= 15 is 0 Å². The van der Waals surface area contributed by atoms with Gasteiger partial charge in [0.05, 0.1) is 6.61 Å². The Morgan fingerprint density at radius 2 is 2.00 bits per heavy atom. The minimum Gasteiger partial charge on any atom is -0.448 e. The van der Waals surface area contributed by atoms with E-state index in [0.29, 0.717) is 18.4 Å². The van der Waals surface area contributed by atoms with Gasteiger partial charge in [0.1, 0.15) is 6.33 Å². The fraction of sp³-hybridized carbons (Fsp3) is 0.750. The molecule has 21 heavy (non-hydrogen) atoms. The number of aromatic nitrogens is 2. The lowest BCUT2D eigenvalue weighted by molar-refractivity contribution is -0.145. The number of imidazole rings is 1. The molecule has 4 saturated carbocycles. The molecule has 0 radical (unpaired) electrons. The molecule has 4 bridgehead atoms. The lowest BCUT2D eigenvalue weighted by Gasteiger charge is -2.61. The maximum atomic E-state index is 12.0. The van der Waals surface area contributed by atoms with Gasteiger partial charge in [0.15, 0.2) is 0 Å². The number of nitrogens with zero attached hydrogens (tertiary/aromatic N) is 2. The second-order valence-electron chi connectivity index (χ2n) is 7.64. The van der Waals surface area contributed by atoms with Gasteiger partial charge in [-0.05, 0) is 55.8 Å². The second-order valence-corrected chi connectivity index (χ2v) is 7.64. The van der Waals surface area contributed by atoms with E-state index in [-0.39, 0.29) is 23.5 Å². The average Bonchev–Trinajstić information content (AvgIpc) is 2.98. The average molecular weight is 290 g/mol. The van der Waals surface area contributed by atoms with Crippen molar-refractivity contribution in [1.82, 2.24) is 9.55 Å². The van der Waals surface area contributed by atoms with Crippen LogP contribution in [0.5, 0.6) is 0 Å². The van der Waals surface area contributed by atoms with E-state index in [4.69, 9.17) is 4.74 Å². The van der Waals surface area contributed by atoms with Crippen LogP contribution in [-0.2, 0) is 4.74 Å². The van der Waals surface area contributed by atoms with Crippen molar-refractivity contribution in [3.63, 3.8) is 0 Å². The molecule has 4 aliphatic carbocycles. The van der Waals surface area contributed by atoms with Gasteiger partial charge < -0.3 is 9.84 Å². The molecule has 0 amide bonds. The summed E-state index contributed by atoms with van der Waals surface area (Å²) in [6.07, 6.45) is 11.3. The van der Waals surface area contributed by atoms with E-state index in [1.165, 1.54) is 17.3 Å². The summed E-state index contributed by atoms with van der Waals surface area (Å²) in [6.45, 7) is 0.774. The summed E-state index contributed by atoms with van der Waals surface area (Å²) < 4.78 is 6.94. The highest BCUT2D eigenvalue weighted by atomic mass is 16.5. The van der Waals surface area contributed by atoms with Crippen LogP contribution in [0.15, 0.2) is 18.7 Å². The van der Waals surface area contributed by atoms with Crippen molar-refractivity contribution in [2.45, 2.75) is 38.5 Å². The Balaban J connectivity index is 1.48. The molecular weight excluding hydrogens is 268 g/mol. The number of carbonyl (C=O) groups is 1. The van der Waals surface area contributed by atoms with Crippen LogP contribution in [0.1, 0.15) is 38.5 Å². The first kappa shape index (κ1) is 13.3. The Kier molecular flexibility index (Phi) is 2.89. The second kappa shape index (κ2) is 4.57. The molecule has 114 valence electrons. The third-order valence-corrected chi connectivity index (χ3v) is 5.86. The number of carbonyl (C=O) groups excluding carboxylic acids is 1. The Morgan fingerprint density at radius 3 is 2.62 bits per heavy atom.